The standard InChI is InChI=1S/C15H13BrN2S/c1-9-7-10(2)14-13(8-9)18-15(19-14)17-12-5-3-11(16)4-6-12/h3-8H,1-2H3,(H,17,18). The van der Waals surface area contributed by atoms with Crippen molar-refractivity contribution in [3.8, 4) is 0 Å². The van der Waals surface area contributed by atoms with Crippen molar-refractivity contribution in [1.29, 1.82) is 0 Å². The lowest BCUT2D eigenvalue weighted by Crippen LogP contribution is -1.88. The van der Waals surface area contributed by atoms with Gasteiger partial charge in [-0.15, -0.1) is 0 Å². The Hall–Kier alpha value is -1.39. The zero-order chi connectivity index (χ0) is 13.4. The quantitative estimate of drug-likeness (QED) is 0.677. The molecule has 3 aromatic rings. The van der Waals surface area contributed by atoms with Crippen LogP contribution in [-0.2, 0) is 0 Å². The van der Waals surface area contributed by atoms with Gasteiger partial charge >= 0.3 is 0 Å². The highest BCUT2D eigenvalue weighted by Gasteiger charge is 2.07. The summed E-state index contributed by atoms with van der Waals surface area (Å²) in [6.07, 6.45) is 0. The van der Waals surface area contributed by atoms with Crippen molar-refractivity contribution < 1.29 is 0 Å². The van der Waals surface area contributed by atoms with E-state index in [0.717, 1.165) is 20.8 Å². The molecule has 19 heavy (non-hydrogen) atoms. The number of thiazole rings is 1. The Kier molecular flexibility index (Phi) is 3.29. The molecule has 0 bridgehead atoms. The van der Waals surface area contributed by atoms with Crippen LogP contribution in [0.15, 0.2) is 40.9 Å². The fourth-order valence-electron chi connectivity index (χ4n) is 2.09. The molecule has 3 rings (SSSR count). The maximum absolute atomic E-state index is 4.65. The molecule has 0 radical (unpaired) electrons. The van der Waals surface area contributed by atoms with Crippen LogP contribution in [0, 0.1) is 13.8 Å². The lowest BCUT2D eigenvalue weighted by Gasteiger charge is -2.01. The maximum atomic E-state index is 4.65. The minimum Gasteiger partial charge on any atom is -0.332 e. The maximum Gasteiger partial charge on any atom is 0.188 e. The van der Waals surface area contributed by atoms with Gasteiger partial charge in [-0.25, -0.2) is 4.98 Å². The first kappa shape index (κ1) is 12.6. The van der Waals surface area contributed by atoms with Crippen molar-refractivity contribution in [2.45, 2.75) is 13.8 Å². The average molecular weight is 333 g/mol. The molecule has 0 fully saturated rings. The molecular weight excluding hydrogens is 320 g/mol. The Balaban J connectivity index is 1.97. The molecule has 0 atom stereocenters. The fraction of sp³-hybridized carbons (Fsp3) is 0.133. The van der Waals surface area contributed by atoms with Gasteiger partial charge in [0.15, 0.2) is 5.13 Å². The Morgan fingerprint density at radius 2 is 1.84 bits per heavy atom. The average Bonchev–Trinajstić information content (AvgIpc) is 2.75. The van der Waals surface area contributed by atoms with Crippen LogP contribution < -0.4 is 5.32 Å². The van der Waals surface area contributed by atoms with Gasteiger partial charge in [-0.05, 0) is 55.3 Å². The first-order chi connectivity index (χ1) is 9.11. The summed E-state index contributed by atoms with van der Waals surface area (Å²) in [5.74, 6) is 0. The molecule has 0 aliphatic heterocycles. The molecule has 2 nitrogen and oxygen atoms in total. The normalized spacial score (nSPS) is 10.9. The third kappa shape index (κ3) is 2.65. The smallest absolute Gasteiger partial charge is 0.188 e. The predicted molar refractivity (Wildman–Crippen MR) is 86.5 cm³/mol. The third-order valence-electron chi connectivity index (χ3n) is 2.92. The topological polar surface area (TPSA) is 24.9 Å². The Morgan fingerprint density at radius 3 is 2.58 bits per heavy atom. The number of nitrogens with zero attached hydrogens (tertiary/aromatic N) is 1. The van der Waals surface area contributed by atoms with Crippen molar-refractivity contribution >= 4 is 48.3 Å². The van der Waals surface area contributed by atoms with Gasteiger partial charge in [0.05, 0.1) is 10.2 Å². The second kappa shape index (κ2) is 4.94. The summed E-state index contributed by atoms with van der Waals surface area (Å²) in [6.45, 7) is 4.24. The van der Waals surface area contributed by atoms with Crippen LogP contribution in [0.4, 0.5) is 10.8 Å². The van der Waals surface area contributed by atoms with Crippen LogP contribution in [0.1, 0.15) is 11.1 Å². The van der Waals surface area contributed by atoms with Gasteiger partial charge in [-0.1, -0.05) is 33.3 Å². The van der Waals surface area contributed by atoms with Crippen molar-refractivity contribution in [3.63, 3.8) is 0 Å². The summed E-state index contributed by atoms with van der Waals surface area (Å²) >= 11 is 5.13. The van der Waals surface area contributed by atoms with Gasteiger partial charge in [0.25, 0.3) is 0 Å². The van der Waals surface area contributed by atoms with Gasteiger partial charge in [-0.2, -0.15) is 0 Å². The zero-order valence-corrected chi connectivity index (χ0v) is 13.1. The van der Waals surface area contributed by atoms with Crippen molar-refractivity contribution in [3.05, 3.63) is 52.0 Å². The number of aryl methyl sites for hydroxylation is 2. The second-order valence-corrected chi connectivity index (χ2v) is 6.50. The molecule has 2 aromatic carbocycles. The van der Waals surface area contributed by atoms with E-state index in [0.29, 0.717) is 0 Å². The first-order valence-electron chi connectivity index (χ1n) is 6.02. The van der Waals surface area contributed by atoms with E-state index in [1.165, 1.54) is 15.8 Å². The van der Waals surface area contributed by atoms with E-state index in [2.05, 4.69) is 52.2 Å². The third-order valence-corrected chi connectivity index (χ3v) is 4.57. The number of anilines is 2. The van der Waals surface area contributed by atoms with Gasteiger partial charge in [0, 0.05) is 10.2 Å². The molecule has 1 aromatic heterocycles. The molecule has 4 heteroatoms. The lowest BCUT2D eigenvalue weighted by molar-refractivity contribution is 1.39. The predicted octanol–water partition coefficient (Wildman–Crippen LogP) is 5.42. The Labute approximate surface area is 124 Å². The van der Waals surface area contributed by atoms with Crippen molar-refractivity contribution in [1.82, 2.24) is 4.98 Å². The fourth-order valence-corrected chi connectivity index (χ4v) is 3.29. The molecule has 0 aliphatic rings. The van der Waals surface area contributed by atoms with E-state index in [1.54, 1.807) is 11.3 Å². The van der Waals surface area contributed by atoms with Gasteiger partial charge in [0.2, 0.25) is 0 Å². The van der Waals surface area contributed by atoms with Gasteiger partial charge in [0.1, 0.15) is 0 Å². The summed E-state index contributed by atoms with van der Waals surface area (Å²) in [5.41, 5.74) is 4.67. The molecule has 1 heterocycles. The molecule has 0 amide bonds. The number of benzene rings is 2. The number of rotatable bonds is 2. The van der Waals surface area contributed by atoms with E-state index in [4.69, 9.17) is 0 Å². The molecule has 1 N–H and O–H groups in total. The summed E-state index contributed by atoms with van der Waals surface area (Å²) in [7, 11) is 0. The van der Waals surface area contributed by atoms with E-state index < -0.39 is 0 Å². The second-order valence-electron chi connectivity index (χ2n) is 4.58. The van der Waals surface area contributed by atoms with E-state index in [1.807, 2.05) is 24.3 Å². The molecule has 0 aliphatic carbocycles. The highest BCUT2D eigenvalue weighted by molar-refractivity contribution is 9.10. The van der Waals surface area contributed by atoms with Crippen LogP contribution in [0.3, 0.4) is 0 Å². The lowest BCUT2D eigenvalue weighted by atomic mass is 10.1. The number of halogens is 1. The van der Waals surface area contributed by atoms with E-state index in [9.17, 15) is 0 Å². The molecule has 96 valence electrons. The number of aromatic nitrogens is 1. The van der Waals surface area contributed by atoms with Crippen LogP contribution in [0.5, 0.6) is 0 Å². The van der Waals surface area contributed by atoms with Gasteiger partial charge < -0.3 is 5.32 Å². The van der Waals surface area contributed by atoms with Crippen molar-refractivity contribution in [2.24, 2.45) is 0 Å². The Bertz CT molecular complexity index is 732. The molecule has 0 saturated heterocycles. The van der Waals surface area contributed by atoms with Crippen molar-refractivity contribution in [2.75, 3.05) is 5.32 Å². The Morgan fingerprint density at radius 1 is 1.11 bits per heavy atom. The summed E-state index contributed by atoms with van der Waals surface area (Å²) in [6, 6.07) is 12.4. The zero-order valence-electron chi connectivity index (χ0n) is 10.7. The minimum atomic E-state index is 0.936. The van der Waals surface area contributed by atoms with Gasteiger partial charge in [-0.3, -0.25) is 0 Å². The molecule has 0 spiro atoms. The summed E-state index contributed by atoms with van der Waals surface area (Å²) in [4.78, 5) is 4.65. The van der Waals surface area contributed by atoms with E-state index in [-0.39, 0.29) is 0 Å². The largest absolute Gasteiger partial charge is 0.332 e. The summed E-state index contributed by atoms with van der Waals surface area (Å²) in [5, 5.41) is 4.29. The number of nitrogens with one attached hydrogen (secondary N) is 1. The molecular formula is C15H13BrN2S. The number of hydrogen-bond donors (Lipinski definition) is 1. The monoisotopic (exact) mass is 332 g/mol. The highest BCUT2D eigenvalue weighted by atomic mass is 79.9. The number of fused-ring (bicyclic) bond motifs is 1. The van der Waals surface area contributed by atoms with Crippen LogP contribution in [-0.4, -0.2) is 4.98 Å². The number of hydrogen-bond acceptors (Lipinski definition) is 3. The minimum absolute atomic E-state index is 0.936. The van der Waals surface area contributed by atoms with Crippen LogP contribution in [0.2, 0.25) is 0 Å². The SMILES string of the molecule is Cc1cc(C)c2sc(Nc3ccc(Br)cc3)nc2c1. The first-order valence-corrected chi connectivity index (χ1v) is 7.63. The van der Waals surface area contributed by atoms with Crippen LogP contribution >= 0.6 is 27.3 Å². The molecule has 0 saturated carbocycles. The van der Waals surface area contributed by atoms with E-state index >= 15 is 0 Å². The molecule has 0 unspecified atom stereocenters. The summed E-state index contributed by atoms with van der Waals surface area (Å²) < 4.78 is 2.33. The van der Waals surface area contributed by atoms with Crippen LogP contribution in [0.25, 0.3) is 10.2 Å². The highest BCUT2D eigenvalue weighted by Crippen LogP contribution is 2.31.